The molecule has 0 aliphatic heterocycles. The van der Waals surface area contributed by atoms with Gasteiger partial charge in [-0.15, -0.1) is 0 Å². The lowest BCUT2D eigenvalue weighted by atomic mass is 9.98. The summed E-state index contributed by atoms with van der Waals surface area (Å²) in [6.45, 7) is 0. The summed E-state index contributed by atoms with van der Waals surface area (Å²) >= 11 is 0. The van der Waals surface area contributed by atoms with Crippen LogP contribution in [-0.4, -0.2) is 6.08 Å². The predicted molar refractivity (Wildman–Crippen MR) is 85.1 cm³/mol. The number of nitrogens with zero attached hydrogens (tertiary/aromatic N) is 1. The van der Waals surface area contributed by atoms with Crippen LogP contribution in [0.1, 0.15) is 0 Å². The summed E-state index contributed by atoms with van der Waals surface area (Å²) in [5.74, 6) is 0. The Labute approximate surface area is 123 Å². The molecule has 0 N–H and O–H groups in total. The molecular formula is C19H13NO. The molecule has 0 saturated carbocycles. The first-order valence-electron chi connectivity index (χ1n) is 6.70. The summed E-state index contributed by atoms with van der Waals surface area (Å²) < 4.78 is 0. The van der Waals surface area contributed by atoms with Crippen LogP contribution >= 0.6 is 0 Å². The molecule has 3 aromatic carbocycles. The Balaban J connectivity index is 2.18. The van der Waals surface area contributed by atoms with Gasteiger partial charge in [-0.05, 0) is 40.5 Å². The molecular weight excluding hydrogens is 258 g/mol. The normalized spacial score (nSPS) is 9.90. The number of isocyanates is 1. The molecule has 0 fully saturated rings. The molecule has 0 radical (unpaired) electrons. The molecule has 3 rings (SSSR count). The minimum Gasteiger partial charge on any atom is -0.211 e. The van der Waals surface area contributed by atoms with Crippen molar-refractivity contribution in [1.29, 1.82) is 0 Å². The lowest BCUT2D eigenvalue weighted by molar-refractivity contribution is 0.565. The molecule has 0 amide bonds. The van der Waals surface area contributed by atoms with Crippen molar-refractivity contribution >= 4 is 11.8 Å². The van der Waals surface area contributed by atoms with Gasteiger partial charge in [0.25, 0.3) is 0 Å². The van der Waals surface area contributed by atoms with Gasteiger partial charge in [-0.1, -0.05) is 60.7 Å². The van der Waals surface area contributed by atoms with Crippen molar-refractivity contribution in [2.45, 2.75) is 0 Å². The summed E-state index contributed by atoms with van der Waals surface area (Å²) in [6, 6.07) is 26.0. The molecule has 2 nitrogen and oxygen atoms in total. The van der Waals surface area contributed by atoms with E-state index in [1.54, 1.807) is 6.08 Å². The fourth-order valence-corrected chi connectivity index (χ4v) is 2.32. The predicted octanol–water partition coefficient (Wildman–Crippen LogP) is 4.99. The van der Waals surface area contributed by atoms with E-state index in [0.717, 1.165) is 22.3 Å². The van der Waals surface area contributed by atoms with Crippen LogP contribution in [0.15, 0.2) is 83.9 Å². The standard InChI is InChI=1S/C19H13NO/c21-14-20-19-12-17(15-7-3-1-4-8-15)11-18(13-19)16-9-5-2-6-10-16/h1-13H. The van der Waals surface area contributed by atoms with Gasteiger partial charge >= 0.3 is 0 Å². The maximum absolute atomic E-state index is 10.6. The lowest BCUT2D eigenvalue weighted by Gasteiger charge is -2.07. The highest BCUT2D eigenvalue weighted by Crippen LogP contribution is 2.31. The molecule has 3 aromatic rings. The molecule has 2 heteroatoms. The van der Waals surface area contributed by atoms with E-state index in [1.807, 2.05) is 72.8 Å². The molecule has 0 heterocycles. The van der Waals surface area contributed by atoms with Gasteiger partial charge in [-0.3, -0.25) is 0 Å². The third-order valence-corrected chi connectivity index (χ3v) is 3.31. The van der Waals surface area contributed by atoms with Gasteiger partial charge in [-0.25, -0.2) is 4.79 Å². The number of aliphatic imine (C=N–C) groups is 1. The van der Waals surface area contributed by atoms with Gasteiger partial charge in [0.15, 0.2) is 0 Å². The van der Waals surface area contributed by atoms with Crippen molar-refractivity contribution in [3.05, 3.63) is 78.9 Å². The maximum atomic E-state index is 10.6. The van der Waals surface area contributed by atoms with Crippen LogP contribution in [0.2, 0.25) is 0 Å². The minimum absolute atomic E-state index is 0.616. The fourth-order valence-electron chi connectivity index (χ4n) is 2.32. The van der Waals surface area contributed by atoms with E-state index >= 15 is 0 Å². The van der Waals surface area contributed by atoms with Gasteiger partial charge in [-0.2, -0.15) is 4.99 Å². The number of benzene rings is 3. The summed E-state index contributed by atoms with van der Waals surface area (Å²) in [6.07, 6.45) is 1.62. The van der Waals surface area contributed by atoms with Crippen LogP contribution in [0.3, 0.4) is 0 Å². The average molecular weight is 271 g/mol. The first-order chi connectivity index (χ1) is 10.4. The Morgan fingerprint density at radius 2 is 1.10 bits per heavy atom. The molecule has 0 aliphatic carbocycles. The fraction of sp³-hybridized carbons (Fsp3) is 0. The quantitative estimate of drug-likeness (QED) is 0.487. The van der Waals surface area contributed by atoms with Gasteiger partial charge in [0.2, 0.25) is 6.08 Å². The highest BCUT2D eigenvalue weighted by molar-refractivity contribution is 5.77. The average Bonchev–Trinajstić information content (AvgIpc) is 2.56. The Morgan fingerprint density at radius 3 is 1.52 bits per heavy atom. The van der Waals surface area contributed by atoms with Crippen molar-refractivity contribution < 1.29 is 4.79 Å². The highest BCUT2D eigenvalue weighted by Gasteiger charge is 2.04. The number of hydrogen-bond donors (Lipinski definition) is 0. The zero-order valence-corrected chi connectivity index (χ0v) is 11.4. The van der Waals surface area contributed by atoms with E-state index in [-0.39, 0.29) is 0 Å². The Hall–Kier alpha value is -2.96. The van der Waals surface area contributed by atoms with E-state index in [0.29, 0.717) is 5.69 Å². The second-order valence-electron chi connectivity index (χ2n) is 4.70. The number of rotatable bonds is 3. The number of hydrogen-bond acceptors (Lipinski definition) is 2. The van der Waals surface area contributed by atoms with Crippen LogP contribution in [0.25, 0.3) is 22.3 Å². The van der Waals surface area contributed by atoms with Crippen LogP contribution < -0.4 is 0 Å². The third-order valence-electron chi connectivity index (χ3n) is 3.31. The van der Waals surface area contributed by atoms with E-state index in [9.17, 15) is 4.79 Å². The van der Waals surface area contributed by atoms with Crippen molar-refractivity contribution in [3.8, 4) is 22.3 Å². The summed E-state index contributed by atoms with van der Waals surface area (Å²) in [5, 5.41) is 0. The Kier molecular flexibility index (Phi) is 3.72. The lowest BCUT2D eigenvalue weighted by Crippen LogP contribution is -1.82. The first-order valence-corrected chi connectivity index (χ1v) is 6.70. The van der Waals surface area contributed by atoms with Crippen molar-refractivity contribution in [2.75, 3.05) is 0 Å². The minimum atomic E-state index is 0.616. The van der Waals surface area contributed by atoms with Crippen LogP contribution in [-0.2, 0) is 4.79 Å². The molecule has 0 unspecified atom stereocenters. The van der Waals surface area contributed by atoms with Gasteiger partial charge in [0.05, 0.1) is 5.69 Å². The highest BCUT2D eigenvalue weighted by atomic mass is 16.1. The first kappa shape index (κ1) is 13.0. The van der Waals surface area contributed by atoms with Crippen molar-refractivity contribution in [3.63, 3.8) is 0 Å². The smallest absolute Gasteiger partial charge is 0.211 e. The van der Waals surface area contributed by atoms with E-state index < -0.39 is 0 Å². The summed E-state index contributed by atoms with van der Waals surface area (Å²) in [5.41, 5.74) is 4.87. The third kappa shape index (κ3) is 2.97. The van der Waals surface area contributed by atoms with Crippen LogP contribution in [0, 0.1) is 0 Å². The van der Waals surface area contributed by atoms with E-state index in [4.69, 9.17) is 0 Å². The van der Waals surface area contributed by atoms with Crippen LogP contribution in [0.5, 0.6) is 0 Å². The van der Waals surface area contributed by atoms with Gasteiger partial charge in [0.1, 0.15) is 0 Å². The maximum Gasteiger partial charge on any atom is 0.240 e. The van der Waals surface area contributed by atoms with Crippen LogP contribution in [0.4, 0.5) is 5.69 Å². The van der Waals surface area contributed by atoms with Gasteiger partial charge < -0.3 is 0 Å². The van der Waals surface area contributed by atoms with E-state index in [2.05, 4.69) is 11.1 Å². The van der Waals surface area contributed by atoms with Crippen molar-refractivity contribution in [1.82, 2.24) is 0 Å². The Bertz CT molecular complexity index is 731. The SMILES string of the molecule is O=C=Nc1cc(-c2ccccc2)cc(-c2ccccc2)c1. The molecule has 0 atom stereocenters. The Morgan fingerprint density at radius 1 is 0.619 bits per heavy atom. The number of carbonyl (C=O) groups excluding carboxylic acids is 1. The molecule has 0 spiro atoms. The van der Waals surface area contributed by atoms with E-state index in [1.165, 1.54) is 0 Å². The van der Waals surface area contributed by atoms with Gasteiger partial charge in [0, 0.05) is 0 Å². The molecule has 0 aliphatic rings. The summed E-state index contributed by atoms with van der Waals surface area (Å²) in [4.78, 5) is 14.4. The zero-order valence-electron chi connectivity index (χ0n) is 11.4. The monoisotopic (exact) mass is 271 g/mol. The second kappa shape index (κ2) is 6.00. The molecule has 0 bridgehead atoms. The van der Waals surface area contributed by atoms with Crippen molar-refractivity contribution in [2.24, 2.45) is 4.99 Å². The topological polar surface area (TPSA) is 29.4 Å². The molecule has 0 saturated heterocycles. The largest absolute Gasteiger partial charge is 0.240 e. The summed E-state index contributed by atoms with van der Waals surface area (Å²) in [7, 11) is 0. The second-order valence-corrected chi connectivity index (χ2v) is 4.70. The zero-order chi connectivity index (χ0) is 14.5. The molecule has 21 heavy (non-hydrogen) atoms. The molecule has 100 valence electrons. The molecule has 0 aromatic heterocycles.